The maximum absolute atomic E-state index is 14.1. The van der Waals surface area contributed by atoms with Crippen molar-refractivity contribution in [3.8, 4) is 0 Å². The molecular weight excluding hydrogens is 536 g/mol. The first-order valence-electron chi connectivity index (χ1n) is 14.2. The number of carbonyl (C=O) groups excluding carboxylic acids is 3. The van der Waals surface area contributed by atoms with Crippen molar-refractivity contribution >= 4 is 38.7 Å². The second kappa shape index (κ2) is 12.1. The number of sulfone groups is 1. The third-order valence-electron chi connectivity index (χ3n) is 8.60. The van der Waals surface area contributed by atoms with Crippen LogP contribution in [0.1, 0.15) is 51.3 Å². The number of nitrogens with one attached hydrogen (secondary N) is 1. The van der Waals surface area contributed by atoms with Gasteiger partial charge < -0.3 is 15.0 Å². The lowest BCUT2D eigenvalue weighted by atomic mass is 9.85. The van der Waals surface area contributed by atoms with Gasteiger partial charge >= 0.3 is 0 Å². The van der Waals surface area contributed by atoms with E-state index in [1.165, 1.54) is 4.90 Å². The molecule has 0 saturated heterocycles. The summed E-state index contributed by atoms with van der Waals surface area (Å²) in [6.45, 7) is 8.72. The summed E-state index contributed by atoms with van der Waals surface area (Å²) < 4.78 is 25.3. The Balaban J connectivity index is 1.68. The van der Waals surface area contributed by atoms with Crippen molar-refractivity contribution in [2.24, 2.45) is 11.8 Å². The summed E-state index contributed by atoms with van der Waals surface area (Å²) in [5.74, 6) is -2.21. The highest BCUT2D eigenvalue weighted by molar-refractivity contribution is 7.92. The Labute approximate surface area is 243 Å². The van der Waals surface area contributed by atoms with Crippen molar-refractivity contribution in [2.75, 3.05) is 5.75 Å². The number of benzene rings is 3. The summed E-state index contributed by atoms with van der Waals surface area (Å²) in [6, 6.07) is 19.8. The number of hydrogen-bond acceptors (Lipinski definition) is 5. The Kier molecular flexibility index (Phi) is 9.02. The van der Waals surface area contributed by atoms with Gasteiger partial charge in [-0.3, -0.25) is 9.59 Å². The Morgan fingerprint density at radius 2 is 1.63 bits per heavy atom. The van der Waals surface area contributed by atoms with Crippen LogP contribution in [0.5, 0.6) is 0 Å². The van der Waals surface area contributed by atoms with Gasteiger partial charge in [-0.15, -0.1) is 0 Å². The molecule has 1 aliphatic rings. The maximum Gasteiger partial charge on any atom is 0.246 e. The molecule has 1 aliphatic heterocycles. The van der Waals surface area contributed by atoms with E-state index in [1.807, 2.05) is 80.6 Å². The van der Waals surface area contributed by atoms with Crippen molar-refractivity contribution in [1.29, 1.82) is 0 Å². The fourth-order valence-electron chi connectivity index (χ4n) is 5.79. The van der Waals surface area contributed by atoms with Crippen LogP contribution in [0.25, 0.3) is 10.8 Å². The summed E-state index contributed by atoms with van der Waals surface area (Å²) in [4.78, 5) is 41.7. The van der Waals surface area contributed by atoms with E-state index in [-0.39, 0.29) is 30.5 Å². The topological polar surface area (TPSA) is 101 Å². The van der Waals surface area contributed by atoms with Crippen molar-refractivity contribution < 1.29 is 22.8 Å². The molecule has 0 bridgehead atoms. The van der Waals surface area contributed by atoms with Gasteiger partial charge in [-0.2, -0.15) is 0 Å². The minimum absolute atomic E-state index is 0.111. The lowest BCUT2D eigenvalue weighted by Gasteiger charge is -2.38. The molecule has 0 spiro atoms. The highest BCUT2D eigenvalue weighted by atomic mass is 32.2. The zero-order chi connectivity index (χ0) is 29.9. The van der Waals surface area contributed by atoms with Crippen LogP contribution in [0, 0.1) is 11.8 Å². The van der Waals surface area contributed by atoms with Crippen LogP contribution >= 0.6 is 0 Å². The highest BCUT2D eigenvalue weighted by Crippen LogP contribution is 2.33. The third-order valence-corrected chi connectivity index (χ3v) is 11.2. The molecule has 3 atom stereocenters. The molecule has 4 rings (SSSR count). The van der Waals surface area contributed by atoms with E-state index in [4.69, 9.17) is 0 Å². The minimum Gasteiger partial charge on any atom is -0.344 e. The van der Waals surface area contributed by atoms with Crippen LogP contribution in [-0.4, -0.2) is 54.0 Å². The average Bonchev–Trinajstić information content (AvgIpc) is 2.97. The van der Waals surface area contributed by atoms with Gasteiger partial charge in [-0.1, -0.05) is 87.5 Å². The van der Waals surface area contributed by atoms with Crippen LogP contribution < -0.4 is 5.32 Å². The van der Waals surface area contributed by atoms with Gasteiger partial charge in [-0.05, 0) is 53.6 Å². The zero-order valence-electron chi connectivity index (χ0n) is 24.5. The van der Waals surface area contributed by atoms with Gasteiger partial charge in [0.15, 0.2) is 9.84 Å². The first-order chi connectivity index (χ1) is 19.4. The van der Waals surface area contributed by atoms with Crippen LogP contribution in [0.4, 0.5) is 0 Å². The van der Waals surface area contributed by atoms with Crippen molar-refractivity contribution in [1.82, 2.24) is 10.2 Å². The molecule has 1 N–H and O–H groups in total. The predicted octanol–water partition coefficient (Wildman–Crippen LogP) is 4.51. The molecule has 0 radical (unpaired) electrons. The van der Waals surface area contributed by atoms with Gasteiger partial charge in [0.05, 0.1) is 16.7 Å². The second-order valence-electron chi connectivity index (χ2n) is 11.8. The molecule has 0 fully saturated rings. The summed E-state index contributed by atoms with van der Waals surface area (Å²) in [7, 11) is -3.66. The van der Waals surface area contributed by atoms with Gasteiger partial charge in [0.25, 0.3) is 0 Å². The van der Waals surface area contributed by atoms with Gasteiger partial charge in [0, 0.05) is 18.7 Å². The minimum atomic E-state index is -3.66. The number of nitrogens with zero attached hydrogens (tertiary/aromatic N) is 1. The van der Waals surface area contributed by atoms with E-state index in [0.29, 0.717) is 6.42 Å². The Bertz CT molecular complexity index is 1540. The van der Waals surface area contributed by atoms with Crippen LogP contribution in [-0.2, 0) is 43.6 Å². The summed E-state index contributed by atoms with van der Waals surface area (Å²) in [5, 5.41) is 4.90. The summed E-state index contributed by atoms with van der Waals surface area (Å²) in [6.07, 6.45) is 1.38. The average molecular weight is 577 g/mol. The standard InChI is InChI=1S/C33H40N2O5S/c1-6-41(39,40)33(4,5)29(19-25-16-11-15-23-12-9-10-17-28(23)25)31(37)34-30(22(2)3)32(38)35-20-26-14-8-7-13-24(26)18-27(35)21-36/h7-17,21-22,27,29-30H,6,18-20H2,1-5H3,(H,34,37)/t27-,29-,30-/m0/s1. The number of aldehydes is 1. The van der Waals surface area contributed by atoms with E-state index in [0.717, 1.165) is 33.7 Å². The third kappa shape index (κ3) is 6.08. The first-order valence-corrected chi connectivity index (χ1v) is 15.9. The molecule has 2 amide bonds. The van der Waals surface area contributed by atoms with Gasteiger partial charge in [-0.25, -0.2) is 8.42 Å². The SMILES string of the molecule is CCS(=O)(=O)C(C)(C)[C@@H](Cc1cccc2ccccc12)C(=O)N[C@H](C(=O)N1Cc2ccccc2C[C@H]1C=O)C(C)C. The van der Waals surface area contributed by atoms with Crippen LogP contribution in [0.15, 0.2) is 66.7 Å². The van der Waals surface area contributed by atoms with Crippen molar-refractivity contribution in [3.05, 3.63) is 83.4 Å². The maximum atomic E-state index is 14.1. The molecule has 0 aliphatic carbocycles. The molecule has 0 unspecified atom stereocenters. The molecule has 7 nitrogen and oxygen atoms in total. The molecular formula is C33H40N2O5S. The van der Waals surface area contributed by atoms with E-state index in [9.17, 15) is 22.8 Å². The number of carbonyl (C=O) groups is 3. The Hall–Kier alpha value is -3.52. The van der Waals surface area contributed by atoms with E-state index in [1.54, 1.807) is 20.8 Å². The molecule has 3 aromatic carbocycles. The Morgan fingerprint density at radius 3 is 2.29 bits per heavy atom. The van der Waals surface area contributed by atoms with Crippen LogP contribution in [0.2, 0.25) is 0 Å². The number of rotatable bonds is 10. The normalized spacial score (nSPS) is 17.1. The van der Waals surface area contributed by atoms with E-state index >= 15 is 0 Å². The summed E-state index contributed by atoms with van der Waals surface area (Å²) in [5.41, 5.74) is 2.86. The van der Waals surface area contributed by atoms with Gasteiger partial charge in [0.2, 0.25) is 11.8 Å². The quantitative estimate of drug-likeness (QED) is 0.358. The highest BCUT2D eigenvalue weighted by Gasteiger charge is 2.46. The Morgan fingerprint density at radius 1 is 1.00 bits per heavy atom. The number of hydrogen-bond donors (Lipinski definition) is 1. The predicted molar refractivity (Wildman–Crippen MR) is 162 cm³/mol. The fraction of sp³-hybridized carbons (Fsp3) is 0.424. The molecule has 0 saturated carbocycles. The zero-order valence-corrected chi connectivity index (χ0v) is 25.3. The molecule has 0 aromatic heterocycles. The van der Waals surface area contributed by atoms with Gasteiger partial charge in [0.1, 0.15) is 12.3 Å². The molecule has 1 heterocycles. The van der Waals surface area contributed by atoms with Crippen LogP contribution in [0.3, 0.4) is 0 Å². The fourth-order valence-corrected chi connectivity index (χ4v) is 7.16. The summed E-state index contributed by atoms with van der Waals surface area (Å²) >= 11 is 0. The molecule has 218 valence electrons. The monoisotopic (exact) mass is 576 g/mol. The molecule has 8 heteroatoms. The lowest BCUT2D eigenvalue weighted by molar-refractivity contribution is -0.143. The van der Waals surface area contributed by atoms with E-state index < -0.39 is 38.5 Å². The number of amides is 2. The molecule has 3 aromatic rings. The molecule has 41 heavy (non-hydrogen) atoms. The largest absolute Gasteiger partial charge is 0.344 e. The van der Waals surface area contributed by atoms with Crippen molar-refractivity contribution in [2.45, 2.75) is 70.8 Å². The van der Waals surface area contributed by atoms with E-state index in [2.05, 4.69) is 5.32 Å². The second-order valence-corrected chi connectivity index (χ2v) is 14.6. The lowest BCUT2D eigenvalue weighted by Crippen LogP contribution is -2.58. The number of fused-ring (bicyclic) bond motifs is 2. The van der Waals surface area contributed by atoms with Crippen molar-refractivity contribution in [3.63, 3.8) is 0 Å². The first kappa shape index (κ1) is 30.4. The smallest absolute Gasteiger partial charge is 0.246 e.